The fourth-order valence-corrected chi connectivity index (χ4v) is 3.59. The monoisotopic (exact) mass is 410 g/mol. The summed E-state index contributed by atoms with van der Waals surface area (Å²) in [5.41, 5.74) is 2.79. The summed E-state index contributed by atoms with van der Waals surface area (Å²) >= 11 is 6.13. The molecule has 5 heteroatoms. The Kier molecular flexibility index (Phi) is 6.99. The van der Waals surface area contributed by atoms with Crippen LogP contribution in [0.2, 0.25) is 5.02 Å². The number of rotatable bonds is 8. The number of carbonyl (C=O) groups is 1. The minimum Gasteiger partial charge on any atom is -0.496 e. The minimum atomic E-state index is -0.0210. The first-order chi connectivity index (χ1) is 14.0. The van der Waals surface area contributed by atoms with Gasteiger partial charge in [0.1, 0.15) is 5.75 Å². The molecule has 0 aliphatic carbocycles. The Morgan fingerprint density at radius 3 is 2.66 bits per heavy atom. The highest BCUT2D eigenvalue weighted by Gasteiger charge is 2.24. The highest BCUT2D eigenvalue weighted by atomic mass is 35.5. The Morgan fingerprint density at radius 2 is 1.93 bits per heavy atom. The molecular weight excluding hydrogens is 384 g/mol. The molecule has 1 aromatic heterocycles. The number of para-hydroxylation sites is 1. The summed E-state index contributed by atoms with van der Waals surface area (Å²) in [6, 6.07) is 19.4. The van der Waals surface area contributed by atoms with Gasteiger partial charge in [0.25, 0.3) is 5.91 Å². The van der Waals surface area contributed by atoms with Gasteiger partial charge in [-0.2, -0.15) is 0 Å². The molecule has 3 rings (SSSR count). The molecule has 0 bridgehead atoms. The zero-order chi connectivity index (χ0) is 20.8. The Labute approximate surface area is 177 Å². The van der Waals surface area contributed by atoms with Crippen molar-refractivity contribution in [3.63, 3.8) is 0 Å². The molecule has 0 radical (unpaired) electrons. The molecule has 0 aliphatic heterocycles. The van der Waals surface area contributed by atoms with Crippen molar-refractivity contribution in [3.8, 4) is 5.75 Å². The first-order valence-corrected chi connectivity index (χ1v) is 10.2. The van der Waals surface area contributed by atoms with Gasteiger partial charge in [-0.15, -0.1) is 0 Å². The second-order valence-corrected chi connectivity index (χ2v) is 7.58. The number of carbonyl (C=O) groups excluding carboxylic acids is 1. The third-order valence-electron chi connectivity index (χ3n) is 5.22. The van der Waals surface area contributed by atoms with Crippen LogP contribution in [0.1, 0.15) is 41.9 Å². The SMILES string of the molecule is CC[C@H](C)N(Cc1cccn1Cc1cccc(Cl)c1)C(=O)c1ccccc1OC. The first-order valence-electron chi connectivity index (χ1n) is 9.86. The molecular formula is C24H27ClN2O2. The van der Waals surface area contributed by atoms with Crippen LogP contribution < -0.4 is 4.74 Å². The van der Waals surface area contributed by atoms with Gasteiger partial charge in [0.2, 0.25) is 0 Å². The molecule has 0 saturated heterocycles. The highest BCUT2D eigenvalue weighted by molar-refractivity contribution is 6.30. The smallest absolute Gasteiger partial charge is 0.258 e. The molecule has 0 aliphatic rings. The van der Waals surface area contributed by atoms with E-state index < -0.39 is 0 Å². The zero-order valence-electron chi connectivity index (χ0n) is 17.1. The fourth-order valence-electron chi connectivity index (χ4n) is 3.38. The molecule has 0 N–H and O–H groups in total. The summed E-state index contributed by atoms with van der Waals surface area (Å²) in [5, 5.41) is 0.726. The lowest BCUT2D eigenvalue weighted by Gasteiger charge is -2.30. The molecule has 1 atom stereocenters. The van der Waals surface area contributed by atoms with Crippen LogP contribution in [0.15, 0.2) is 66.9 Å². The topological polar surface area (TPSA) is 34.5 Å². The number of halogens is 1. The van der Waals surface area contributed by atoms with E-state index in [1.807, 2.05) is 59.6 Å². The van der Waals surface area contributed by atoms with Gasteiger partial charge >= 0.3 is 0 Å². The van der Waals surface area contributed by atoms with Crippen molar-refractivity contribution in [2.24, 2.45) is 0 Å². The van der Waals surface area contributed by atoms with Gasteiger partial charge in [-0.3, -0.25) is 4.79 Å². The van der Waals surface area contributed by atoms with E-state index in [4.69, 9.17) is 16.3 Å². The lowest BCUT2D eigenvalue weighted by molar-refractivity contribution is 0.0663. The molecule has 0 saturated carbocycles. The molecule has 29 heavy (non-hydrogen) atoms. The predicted octanol–water partition coefficient (Wildman–Crippen LogP) is 5.64. The van der Waals surface area contributed by atoms with Crippen molar-refractivity contribution < 1.29 is 9.53 Å². The second kappa shape index (κ2) is 9.66. The van der Waals surface area contributed by atoms with E-state index >= 15 is 0 Å². The van der Waals surface area contributed by atoms with E-state index in [9.17, 15) is 4.79 Å². The minimum absolute atomic E-state index is 0.0210. The number of benzene rings is 2. The molecule has 152 valence electrons. The zero-order valence-corrected chi connectivity index (χ0v) is 17.9. The molecule has 0 unspecified atom stereocenters. The van der Waals surface area contributed by atoms with Crippen molar-refractivity contribution in [1.29, 1.82) is 0 Å². The molecule has 1 amide bonds. The standard InChI is InChI=1S/C24H27ClN2O2/c1-4-18(2)27(24(28)22-12-5-6-13-23(22)29-3)17-21-11-8-14-26(21)16-19-9-7-10-20(25)15-19/h5-15,18H,4,16-17H2,1-3H3/t18-/m0/s1. The lowest BCUT2D eigenvalue weighted by atomic mass is 10.1. The molecule has 0 fully saturated rings. The van der Waals surface area contributed by atoms with Crippen molar-refractivity contribution in [3.05, 3.63) is 88.7 Å². The van der Waals surface area contributed by atoms with E-state index in [0.717, 1.165) is 22.7 Å². The number of amides is 1. The number of aromatic nitrogens is 1. The normalized spacial score (nSPS) is 11.9. The van der Waals surface area contributed by atoms with Crippen LogP contribution in [0.4, 0.5) is 0 Å². The molecule has 0 spiro atoms. The summed E-state index contributed by atoms with van der Waals surface area (Å²) in [6.45, 7) is 5.41. The van der Waals surface area contributed by atoms with Gasteiger partial charge in [-0.1, -0.05) is 42.8 Å². The summed E-state index contributed by atoms with van der Waals surface area (Å²) in [7, 11) is 1.59. The summed E-state index contributed by atoms with van der Waals surface area (Å²) in [6.07, 6.45) is 2.91. The van der Waals surface area contributed by atoms with Gasteiger partial charge in [-0.05, 0) is 55.3 Å². The van der Waals surface area contributed by atoms with E-state index in [0.29, 0.717) is 24.4 Å². The number of hydrogen-bond acceptors (Lipinski definition) is 2. The second-order valence-electron chi connectivity index (χ2n) is 7.15. The molecule has 4 nitrogen and oxygen atoms in total. The number of ether oxygens (including phenoxy) is 1. The van der Waals surface area contributed by atoms with Crippen LogP contribution in [0.3, 0.4) is 0 Å². The van der Waals surface area contributed by atoms with Crippen LogP contribution in [0.5, 0.6) is 5.75 Å². The quantitative estimate of drug-likeness (QED) is 0.481. The van der Waals surface area contributed by atoms with E-state index in [1.165, 1.54) is 0 Å². The van der Waals surface area contributed by atoms with Crippen molar-refractivity contribution in [2.75, 3.05) is 7.11 Å². The maximum absolute atomic E-state index is 13.4. The lowest BCUT2D eigenvalue weighted by Crippen LogP contribution is -2.38. The fraction of sp³-hybridized carbons (Fsp3) is 0.292. The highest BCUT2D eigenvalue weighted by Crippen LogP contribution is 2.23. The molecule has 2 aromatic carbocycles. The molecule has 3 aromatic rings. The Bertz CT molecular complexity index is 967. The van der Waals surface area contributed by atoms with Crippen LogP contribution in [-0.4, -0.2) is 28.5 Å². The Morgan fingerprint density at radius 1 is 1.14 bits per heavy atom. The summed E-state index contributed by atoms with van der Waals surface area (Å²) < 4.78 is 7.58. The van der Waals surface area contributed by atoms with E-state index in [2.05, 4.69) is 30.5 Å². The molecule has 1 heterocycles. The van der Waals surface area contributed by atoms with Crippen molar-refractivity contribution >= 4 is 17.5 Å². The Hall–Kier alpha value is -2.72. The van der Waals surface area contributed by atoms with Crippen molar-refractivity contribution in [2.45, 2.75) is 39.4 Å². The first kappa shape index (κ1) is 21.0. The largest absolute Gasteiger partial charge is 0.496 e. The third kappa shape index (κ3) is 5.01. The van der Waals surface area contributed by atoms with Gasteiger partial charge in [0, 0.05) is 29.5 Å². The maximum Gasteiger partial charge on any atom is 0.258 e. The van der Waals surface area contributed by atoms with Crippen LogP contribution in [-0.2, 0) is 13.1 Å². The van der Waals surface area contributed by atoms with E-state index in [1.54, 1.807) is 7.11 Å². The van der Waals surface area contributed by atoms with Crippen LogP contribution in [0, 0.1) is 0 Å². The van der Waals surface area contributed by atoms with Gasteiger partial charge < -0.3 is 14.2 Å². The summed E-state index contributed by atoms with van der Waals surface area (Å²) in [4.78, 5) is 15.3. The predicted molar refractivity (Wildman–Crippen MR) is 118 cm³/mol. The van der Waals surface area contributed by atoms with Gasteiger partial charge in [0.05, 0.1) is 19.2 Å². The Balaban J connectivity index is 1.87. The van der Waals surface area contributed by atoms with E-state index in [-0.39, 0.29) is 11.9 Å². The van der Waals surface area contributed by atoms with Crippen molar-refractivity contribution in [1.82, 2.24) is 9.47 Å². The van der Waals surface area contributed by atoms with Gasteiger partial charge in [0.15, 0.2) is 0 Å². The number of hydrogen-bond donors (Lipinski definition) is 0. The third-order valence-corrected chi connectivity index (χ3v) is 5.45. The van der Waals surface area contributed by atoms with Crippen LogP contribution in [0.25, 0.3) is 0 Å². The maximum atomic E-state index is 13.4. The average Bonchev–Trinajstić information content (AvgIpc) is 3.17. The van der Waals surface area contributed by atoms with Crippen LogP contribution >= 0.6 is 11.6 Å². The van der Waals surface area contributed by atoms with Gasteiger partial charge in [-0.25, -0.2) is 0 Å². The number of nitrogens with zero attached hydrogens (tertiary/aromatic N) is 2. The number of methoxy groups -OCH3 is 1. The summed E-state index contributed by atoms with van der Waals surface area (Å²) in [5.74, 6) is 0.576. The average molecular weight is 411 g/mol.